The van der Waals surface area contributed by atoms with Gasteiger partial charge in [0.05, 0.1) is 24.9 Å². The number of nitrogens with two attached hydrogens (primary N) is 1. The van der Waals surface area contributed by atoms with Gasteiger partial charge in [-0.05, 0) is 48.9 Å². The number of nitrogens with one attached hydrogen (secondary N) is 2. The zero-order valence-electron chi connectivity index (χ0n) is 17.1. The number of ether oxygens (including phenoxy) is 1. The highest BCUT2D eigenvalue weighted by Crippen LogP contribution is 2.31. The summed E-state index contributed by atoms with van der Waals surface area (Å²) in [5, 5.41) is 14.1. The summed E-state index contributed by atoms with van der Waals surface area (Å²) < 4.78 is 18.6. The van der Waals surface area contributed by atoms with Gasteiger partial charge in [-0.1, -0.05) is 24.9 Å². The van der Waals surface area contributed by atoms with Crippen molar-refractivity contribution in [1.29, 1.82) is 5.41 Å². The number of halogens is 2. The highest BCUT2D eigenvalue weighted by molar-refractivity contribution is 6.32. The molecular weight excluding hydrogens is 405 g/mol. The van der Waals surface area contributed by atoms with Crippen molar-refractivity contribution < 1.29 is 14.4 Å². The lowest BCUT2D eigenvalue weighted by atomic mass is 10.1. The van der Waals surface area contributed by atoms with Crippen LogP contribution >= 0.6 is 11.6 Å². The molecule has 0 atom stereocenters. The van der Waals surface area contributed by atoms with Crippen LogP contribution in [0.4, 0.5) is 21.6 Å². The molecule has 0 bridgehead atoms. The molecule has 1 heterocycles. The highest BCUT2D eigenvalue weighted by Gasteiger charge is 2.21. The molecule has 2 aromatic carbocycles. The van der Waals surface area contributed by atoms with Crippen molar-refractivity contribution in [3.63, 3.8) is 0 Å². The molecule has 0 fully saturated rings. The van der Waals surface area contributed by atoms with Crippen LogP contribution in [0.2, 0.25) is 5.02 Å². The van der Waals surface area contributed by atoms with Crippen molar-refractivity contribution in [1.82, 2.24) is 9.97 Å². The molecule has 156 valence electrons. The molecule has 0 spiro atoms. The maximum Gasteiger partial charge on any atom is 0.200 e. The van der Waals surface area contributed by atoms with Crippen molar-refractivity contribution in [2.75, 3.05) is 19.5 Å². The van der Waals surface area contributed by atoms with E-state index in [1.165, 1.54) is 12.1 Å². The van der Waals surface area contributed by atoms with E-state index in [0.29, 0.717) is 45.8 Å². The Morgan fingerprint density at radius 1 is 1.20 bits per heavy atom. The zero-order chi connectivity index (χ0) is 21.7. The average Bonchev–Trinajstić information content (AvgIpc) is 2.74. The predicted octanol–water partition coefficient (Wildman–Crippen LogP) is 4.68. The van der Waals surface area contributed by atoms with Crippen molar-refractivity contribution in [2.24, 2.45) is 0 Å². The third kappa shape index (κ3) is 4.75. The van der Waals surface area contributed by atoms with Gasteiger partial charge >= 0.3 is 0 Å². The van der Waals surface area contributed by atoms with Crippen LogP contribution in [0.1, 0.15) is 25.5 Å². The number of benzene rings is 2. The Labute approximate surface area is 180 Å². The summed E-state index contributed by atoms with van der Waals surface area (Å²) in [6.07, 6.45) is 1.42. The maximum atomic E-state index is 13.4. The van der Waals surface area contributed by atoms with Gasteiger partial charge in [0.25, 0.3) is 0 Å². The summed E-state index contributed by atoms with van der Waals surface area (Å²) in [5.74, 6) is 1.20. The standard InChI is InChI=1S/C22H23ClFN5O/c1-4-5-17(25)19-20(26-2)22(27-15-10-11-18(30-3)16(23)12-15)29-21(28-19)13-6-8-14(24)9-7-13/h6-12,25-26H,4-5H2,1-3H3,(H,27,28,29)/p+1. The van der Waals surface area contributed by atoms with E-state index in [1.807, 2.05) is 25.4 Å². The fourth-order valence-electron chi connectivity index (χ4n) is 3.05. The predicted molar refractivity (Wildman–Crippen MR) is 118 cm³/mol. The molecule has 0 aliphatic carbocycles. The molecule has 30 heavy (non-hydrogen) atoms. The molecule has 3 rings (SSSR count). The Morgan fingerprint density at radius 2 is 1.93 bits per heavy atom. The Kier molecular flexibility index (Phi) is 6.97. The molecule has 4 N–H and O–H groups in total. The molecule has 0 unspecified atom stereocenters. The van der Waals surface area contributed by atoms with Crippen molar-refractivity contribution in [3.05, 3.63) is 59.0 Å². The van der Waals surface area contributed by atoms with Crippen LogP contribution in [0.3, 0.4) is 0 Å². The van der Waals surface area contributed by atoms with Crippen LogP contribution in [0.5, 0.6) is 5.75 Å². The largest absolute Gasteiger partial charge is 0.495 e. The SMILES string of the molecule is CCCC(=N)c1nc(-c2ccc(F)cc2)nc(Nc2ccc(OC)c(Cl)c2)c1[NH2+]C. The van der Waals surface area contributed by atoms with Crippen LogP contribution in [0.15, 0.2) is 42.5 Å². The number of aromatic nitrogens is 2. The quantitative estimate of drug-likeness (QED) is 0.454. The molecule has 0 amide bonds. The lowest BCUT2D eigenvalue weighted by Crippen LogP contribution is -2.73. The molecule has 0 aliphatic heterocycles. The lowest BCUT2D eigenvalue weighted by molar-refractivity contribution is -0.539. The minimum absolute atomic E-state index is 0.331. The normalized spacial score (nSPS) is 10.7. The highest BCUT2D eigenvalue weighted by atomic mass is 35.5. The van der Waals surface area contributed by atoms with E-state index in [-0.39, 0.29) is 5.82 Å². The fraction of sp³-hybridized carbons (Fsp3) is 0.227. The molecule has 3 aromatic rings. The third-order valence-electron chi connectivity index (χ3n) is 4.54. The Balaban J connectivity index is 2.12. The van der Waals surface area contributed by atoms with E-state index in [2.05, 4.69) is 15.3 Å². The molecule has 8 heteroatoms. The smallest absolute Gasteiger partial charge is 0.200 e. The minimum atomic E-state index is -0.331. The topological polar surface area (TPSA) is 87.5 Å². The second kappa shape index (κ2) is 9.65. The van der Waals surface area contributed by atoms with Gasteiger partial charge < -0.3 is 20.8 Å². The maximum absolute atomic E-state index is 13.4. The number of hydrogen-bond acceptors (Lipinski definition) is 5. The van der Waals surface area contributed by atoms with E-state index in [0.717, 1.165) is 17.8 Å². The molecule has 0 saturated heterocycles. The Morgan fingerprint density at radius 3 is 2.53 bits per heavy atom. The van der Waals surface area contributed by atoms with E-state index in [4.69, 9.17) is 21.7 Å². The molecule has 6 nitrogen and oxygen atoms in total. The second-order valence-corrected chi connectivity index (χ2v) is 7.06. The summed E-state index contributed by atoms with van der Waals surface area (Å²) in [4.78, 5) is 9.30. The van der Waals surface area contributed by atoms with Crippen LogP contribution in [0.25, 0.3) is 11.4 Å². The third-order valence-corrected chi connectivity index (χ3v) is 4.83. The summed E-state index contributed by atoms with van der Waals surface area (Å²) in [7, 11) is 3.44. The van der Waals surface area contributed by atoms with Crippen LogP contribution in [-0.2, 0) is 0 Å². The first-order valence-corrected chi connectivity index (χ1v) is 10.00. The lowest BCUT2D eigenvalue weighted by Gasteiger charge is -2.15. The van der Waals surface area contributed by atoms with E-state index < -0.39 is 0 Å². The number of rotatable bonds is 8. The summed E-state index contributed by atoms with van der Waals surface area (Å²) in [5.41, 5.74) is 3.09. The Hall–Kier alpha value is -3.03. The van der Waals surface area contributed by atoms with Crippen molar-refractivity contribution >= 4 is 34.5 Å². The van der Waals surface area contributed by atoms with Gasteiger partial charge in [-0.25, -0.2) is 14.4 Å². The zero-order valence-corrected chi connectivity index (χ0v) is 17.8. The van der Waals surface area contributed by atoms with Gasteiger partial charge in [0.1, 0.15) is 11.6 Å². The molecule has 0 saturated carbocycles. The molecule has 0 radical (unpaired) electrons. The first-order chi connectivity index (χ1) is 14.5. The summed E-state index contributed by atoms with van der Waals surface area (Å²) >= 11 is 6.26. The number of anilines is 2. The van der Waals surface area contributed by atoms with Crippen molar-refractivity contribution in [3.8, 4) is 17.1 Å². The van der Waals surface area contributed by atoms with Crippen molar-refractivity contribution in [2.45, 2.75) is 19.8 Å². The first kappa shape index (κ1) is 21.7. The molecule has 1 aromatic heterocycles. The number of methoxy groups -OCH3 is 1. The minimum Gasteiger partial charge on any atom is -0.495 e. The summed E-state index contributed by atoms with van der Waals surface area (Å²) in [6.45, 7) is 2.02. The van der Waals surface area contributed by atoms with Gasteiger partial charge in [-0.15, -0.1) is 0 Å². The second-order valence-electron chi connectivity index (χ2n) is 6.66. The fourth-order valence-corrected chi connectivity index (χ4v) is 3.30. The van der Waals surface area contributed by atoms with Gasteiger partial charge in [-0.2, -0.15) is 0 Å². The van der Waals surface area contributed by atoms with Gasteiger partial charge in [0.15, 0.2) is 17.3 Å². The Bertz CT molecular complexity index is 1060. The van der Waals surface area contributed by atoms with Gasteiger partial charge in [0, 0.05) is 11.3 Å². The van der Waals surface area contributed by atoms with Gasteiger partial charge in [-0.3, -0.25) is 0 Å². The average molecular weight is 429 g/mol. The van der Waals surface area contributed by atoms with Gasteiger partial charge in [0.2, 0.25) is 5.69 Å². The van der Waals surface area contributed by atoms with Crippen LogP contribution in [-0.4, -0.2) is 29.8 Å². The van der Waals surface area contributed by atoms with Crippen LogP contribution in [0, 0.1) is 11.2 Å². The number of quaternary nitrogens is 1. The molecule has 0 aliphatic rings. The van der Waals surface area contributed by atoms with E-state index >= 15 is 0 Å². The first-order valence-electron chi connectivity index (χ1n) is 9.62. The van der Waals surface area contributed by atoms with E-state index in [1.54, 1.807) is 31.4 Å². The summed E-state index contributed by atoms with van der Waals surface area (Å²) in [6, 6.07) is 11.3. The van der Waals surface area contributed by atoms with Crippen LogP contribution < -0.4 is 15.4 Å². The number of hydrogen-bond donors (Lipinski definition) is 3. The monoisotopic (exact) mass is 428 g/mol. The van der Waals surface area contributed by atoms with E-state index in [9.17, 15) is 4.39 Å². The number of nitrogens with zero attached hydrogens (tertiary/aromatic N) is 2. The molecular formula is C22H24ClFN5O+.